The van der Waals surface area contributed by atoms with E-state index in [2.05, 4.69) is 4.98 Å². The van der Waals surface area contributed by atoms with Gasteiger partial charge in [-0.25, -0.2) is 9.78 Å². The molecule has 0 spiro atoms. The molecule has 94 valence electrons. The molecular formula is C11H17N3O3. The van der Waals surface area contributed by atoms with Gasteiger partial charge in [-0.05, 0) is 20.8 Å². The van der Waals surface area contributed by atoms with Crippen molar-refractivity contribution in [2.24, 2.45) is 0 Å². The summed E-state index contributed by atoms with van der Waals surface area (Å²) in [5, 5.41) is 8.96. The molecule has 6 heteroatoms. The Morgan fingerprint density at radius 2 is 2.00 bits per heavy atom. The van der Waals surface area contributed by atoms with E-state index < -0.39 is 5.97 Å². The summed E-state index contributed by atoms with van der Waals surface area (Å²) in [7, 11) is 0. The van der Waals surface area contributed by atoms with E-state index in [1.165, 1.54) is 10.8 Å². The van der Waals surface area contributed by atoms with Crippen LogP contribution in [0.3, 0.4) is 0 Å². The zero-order valence-electron chi connectivity index (χ0n) is 10.3. The van der Waals surface area contributed by atoms with Gasteiger partial charge in [-0.2, -0.15) is 0 Å². The highest BCUT2D eigenvalue weighted by Gasteiger charge is 2.17. The Kier molecular flexibility index (Phi) is 4.25. The van der Waals surface area contributed by atoms with Crippen LogP contribution in [0.1, 0.15) is 30.2 Å². The first-order valence-corrected chi connectivity index (χ1v) is 5.54. The van der Waals surface area contributed by atoms with Gasteiger partial charge in [-0.3, -0.25) is 4.79 Å². The van der Waals surface area contributed by atoms with Gasteiger partial charge in [0.05, 0.1) is 6.20 Å². The fraction of sp³-hybridized carbons (Fsp3) is 0.545. The van der Waals surface area contributed by atoms with Crippen LogP contribution in [-0.2, 0) is 11.3 Å². The fourth-order valence-electron chi connectivity index (χ4n) is 1.65. The van der Waals surface area contributed by atoms with Crippen molar-refractivity contribution in [3.8, 4) is 0 Å². The maximum absolute atomic E-state index is 11.9. The predicted octanol–water partition coefficient (Wildman–Crippen LogP) is 0.758. The molecule has 1 N–H and O–H groups in total. The van der Waals surface area contributed by atoms with Crippen LogP contribution in [0.4, 0.5) is 0 Å². The van der Waals surface area contributed by atoms with E-state index in [1.807, 2.05) is 13.8 Å². The molecule has 17 heavy (non-hydrogen) atoms. The Bertz CT molecular complexity index is 422. The summed E-state index contributed by atoms with van der Waals surface area (Å²) >= 11 is 0. The summed E-state index contributed by atoms with van der Waals surface area (Å²) in [6.45, 7) is 6.72. The number of carboxylic acid groups (broad SMARTS) is 1. The van der Waals surface area contributed by atoms with Gasteiger partial charge in [0, 0.05) is 13.1 Å². The third-order valence-corrected chi connectivity index (χ3v) is 2.68. The van der Waals surface area contributed by atoms with Gasteiger partial charge in [-0.1, -0.05) is 0 Å². The van der Waals surface area contributed by atoms with Crippen LogP contribution in [0.15, 0.2) is 6.20 Å². The van der Waals surface area contributed by atoms with Crippen molar-refractivity contribution in [2.75, 3.05) is 13.1 Å². The second kappa shape index (κ2) is 5.47. The summed E-state index contributed by atoms with van der Waals surface area (Å²) in [6, 6.07) is 0. The van der Waals surface area contributed by atoms with Gasteiger partial charge in [0.1, 0.15) is 18.1 Å². The molecule has 0 bridgehead atoms. The number of aryl methyl sites for hydroxylation is 1. The van der Waals surface area contributed by atoms with E-state index in [0.717, 1.165) is 0 Å². The van der Waals surface area contributed by atoms with Gasteiger partial charge in [0.25, 0.3) is 0 Å². The molecule has 0 aliphatic carbocycles. The Balaban J connectivity index is 2.91. The number of carbonyl (C=O) groups is 2. The van der Waals surface area contributed by atoms with Crippen LogP contribution in [0.2, 0.25) is 0 Å². The molecule has 0 aromatic carbocycles. The number of amides is 1. The van der Waals surface area contributed by atoms with Crippen LogP contribution in [0, 0.1) is 6.92 Å². The average Bonchev–Trinajstić information content (AvgIpc) is 2.62. The summed E-state index contributed by atoms with van der Waals surface area (Å²) in [4.78, 5) is 28.4. The molecule has 0 atom stereocenters. The fourth-order valence-corrected chi connectivity index (χ4v) is 1.65. The molecule has 0 radical (unpaired) electrons. The molecule has 1 amide bonds. The van der Waals surface area contributed by atoms with Crippen molar-refractivity contribution in [2.45, 2.75) is 27.3 Å². The molecule has 0 saturated heterocycles. The quantitative estimate of drug-likeness (QED) is 0.823. The normalized spacial score (nSPS) is 10.3. The monoisotopic (exact) mass is 239 g/mol. The maximum atomic E-state index is 11.9. The number of hydrogen-bond acceptors (Lipinski definition) is 3. The largest absolute Gasteiger partial charge is 0.477 e. The smallest absolute Gasteiger partial charge is 0.354 e. The van der Waals surface area contributed by atoms with E-state index in [1.54, 1.807) is 11.8 Å². The lowest BCUT2D eigenvalue weighted by atomic mass is 10.4. The molecule has 6 nitrogen and oxygen atoms in total. The van der Waals surface area contributed by atoms with Crippen molar-refractivity contribution in [1.82, 2.24) is 14.5 Å². The van der Waals surface area contributed by atoms with E-state index in [9.17, 15) is 9.59 Å². The third kappa shape index (κ3) is 2.83. The van der Waals surface area contributed by atoms with Crippen molar-refractivity contribution in [1.29, 1.82) is 0 Å². The van der Waals surface area contributed by atoms with Crippen molar-refractivity contribution < 1.29 is 14.7 Å². The Hall–Kier alpha value is -1.85. The first kappa shape index (κ1) is 13.2. The lowest BCUT2D eigenvalue weighted by molar-refractivity contribution is -0.131. The van der Waals surface area contributed by atoms with Crippen molar-refractivity contribution >= 4 is 11.9 Å². The molecule has 0 unspecified atom stereocenters. The number of aromatic nitrogens is 2. The summed E-state index contributed by atoms with van der Waals surface area (Å²) in [5.41, 5.74) is 0.0445. The minimum Gasteiger partial charge on any atom is -0.477 e. The number of carboxylic acids is 1. The van der Waals surface area contributed by atoms with Gasteiger partial charge < -0.3 is 14.6 Å². The van der Waals surface area contributed by atoms with Gasteiger partial charge in [0.2, 0.25) is 5.91 Å². The summed E-state index contributed by atoms with van der Waals surface area (Å²) in [5.74, 6) is -0.639. The zero-order valence-corrected chi connectivity index (χ0v) is 10.3. The van der Waals surface area contributed by atoms with Gasteiger partial charge in [0.15, 0.2) is 0 Å². The number of nitrogens with zero attached hydrogens (tertiary/aromatic N) is 3. The molecule has 0 aliphatic rings. The van der Waals surface area contributed by atoms with Crippen LogP contribution in [-0.4, -0.2) is 44.5 Å². The zero-order chi connectivity index (χ0) is 13.0. The van der Waals surface area contributed by atoms with Crippen molar-refractivity contribution in [3.63, 3.8) is 0 Å². The molecule has 0 saturated carbocycles. The molecule has 1 aromatic heterocycles. The topological polar surface area (TPSA) is 75.4 Å². The number of likely N-dealkylation sites (N-methyl/N-ethyl adjacent to an activating group) is 1. The van der Waals surface area contributed by atoms with Gasteiger partial charge >= 0.3 is 5.97 Å². The molecular weight excluding hydrogens is 222 g/mol. The lowest BCUT2D eigenvalue weighted by Crippen LogP contribution is -2.34. The average molecular weight is 239 g/mol. The standard InChI is InChI=1S/C11H17N3O3/c1-4-13(5-2)10(15)7-14-8(3)12-6-9(14)11(16)17/h6H,4-5,7H2,1-3H3,(H,16,17). The van der Waals surface area contributed by atoms with Crippen molar-refractivity contribution in [3.05, 3.63) is 17.7 Å². The SMILES string of the molecule is CCN(CC)C(=O)Cn1c(C(=O)O)cnc1C. The van der Waals surface area contributed by atoms with E-state index >= 15 is 0 Å². The summed E-state index contributed by atoms with van der Waals surface area (Å²) in [6.07, 6.45) is 1.27. The second-order valence-electron chi connectivity index (χ2n) is 3.65. The summed E-state index contributed by atoms with van der Waals surface area (Å²) < 4.78 is 1.42. The Morgan fingerprint density at radius 3 is 2.47 bits per heavy atom. The van der Waals surface area contributed by atoms with Gasteiger partial charge in [-0.15, -0.1) is 0 Å². The number of imidazole rings is 1. The van der Waals surface area contributed by atoms with E-state index in [4.69, 9.17) is 5.11 Å². The molecule has 1 rings (SSSR count). The number of hydrogen-bond donors (Lipinski definition) is 1. The number of carbonyl (C=O) groups excluding carboxylic acids is 1. The van der Waals surface area contributed by atoms with Crippen LogP contribution in [0.25, 0.3) is 0 Å². The minimum absolute atomic E-state index is 0.0230. The predicted molar refractivity (Wildman–Crippen MR) is 61.9 cm³/mol. The van der Waals surface area contributed by atoms with E-state index in [-0.39, 0.29) is 18.1 Å². The van der Waals surface area contributed by atoms with Crippen LogP contribution >= 0.6 is 0 Å². The highest BCUT2D eigenvalue weighted by atomic mass is 16.4. The van der Waals surface area contributed by atoms with Crippen LogP contribution in [0.5, 0.6) is 0 Å². The number of rotatable bonds is 5. The van der Waals surface area contributed by atoms with E-state index in [0.29, 0.717) is 18.9 Å². The second-order valence-corrected chi connectivity index (χ2v) is 3.65. The molecule has 1 heterocycles. The highest BCUT2D eigenvalue weighted by molar-refractivity contribution is 5.86. The first-order chi connectivity index (χ1) is 8.01. The molecule has 0 aliphatic heterocycles. The van der Waals surface area contributed by atoms with Crippen LogP contribution < -0.4 is 0 Å². The molecule has 0 fully saturated rings. The lowest BCUT2D eigenvalue weighted by Gasteiger charge is -2.19. The first-order valence-electron chi connectivity index (χ1n) is 5.54. The minimum atomic E-state index is -1.07. The Labute approximate surface area is 99.9 Å². The third-order valence-electron chi connectivity index (χ3n) is 2.68. The maximum Gasteiger partial charge on any atom is 0.354 e. The Morgan fingerprint density at radius 1 is 1.41 bits per heavy atom. The molecule has 1 aromatic rings. The highest BCUT2D eigenvalue weighted by Crippen LogP contribution is 2.06. The number of aromatic carboxylic acids is 1.